The van der Waals surface area contributed by atoms with Crippen molar-refractivity contribution in [2.45, 2.75) is 12.8 Å². The van der Waals surface area contributed by atoms with Crippen LogP contribution in [0.4, 0.5) is 8.78 Å². The fraction of sp³-hybridized carbons (Fsp3) is 0.364. The molecule has 2 rings (SSSR count). The molecule has 2 nitrogen and oxygen atoms in total. The smallest absolute Gasteiger partial charge is 0.176 e. The monoisotopic (exact) mass is 211 g/mol. The lowest BCUT2D eigenvalue weighted by Crippen LogP contribution is -2.27. The van der Waals surface area contributed by atoms with Crippen LogP contribution in [0.5, 0.6) is 0 Å². The van der Waals surface area contributed by atoms with Gasteiger partial charge in [0.15, 0.2) is 5.78 Å². The van der Waals surface area contributed by atoms with E-state index < -0.39 is 28.4 Å². The van der Waals surface area contributed by atoms with Crippen LogP contribution in [0.2, 0.25) is 0 Å². The van der Waals surface area contributed by atoms with E-state index in [0.29, 0.717) is 12.8 Å². The number of Topliss-reactive ketones (excluding diaryl/α,β-unsaturated/α-hetero) is 1. The summed E-state index contributed by atoms with van der Waals surface area (Å²) in [7, 11) is 0. The predicted molar refractivity (Wildman–Crippen MR) is 51.4 cm³/mol. The molecule has 0 aliphatic heterocycles. The number of halogens is 2. The van der Waals surface area contributed by atoms with E-state index in [1.54, 1.807) is 0 Å². The average Bonchev–Trinajstić information content (AvgIpc) is 2.97. The fourth-order valence-corrected chi connectivity index (χ4v) is 1.65. The third-order valence-corrected chi connectivity index (χ3v) is 2.92. The number of ketones is 1. The Balaban J connectivity index is 2.42. The van der Waals surface area contributed by atoms with E-state index in [1.807, 2.05) is 0 Å². The Bertz CT molecular complexity index is 393. The second-order valence-electron chi connectivity index (χ2n) is 3.91. The summed E-state index contributed by atoms with van der Waals surface area (Å²) in [4.78, 5) is 11.8. The standard InChI is InChI=1S/C11H11F2NO/c12-7-2-1-3-8(13)9(7)10(15)11(6-14)4-5-11/h1-3H,4-6,14H2. The maximum absolute atomic E-state index is 13.3. The van der Waals surface area contributed by atoms with Gasteiger partial charge in [-0.05, 0) is 25.0 Å². The molecule has 4 heteroatoms. The highest BCUT2D eigenvalue weighted by atomic mass is 19.1. The van der Waals surface area contributed by atoms with E-state index in [1.165, 1.54) is 6.07 Å². The maximum Gasteiger partial charge on any atom is 0.176 e. The Morgan fingerprint density at radius 3 is 2.27 bits per heavy atom. The summed E-state index contributed by atoms with van der Waals surface area (Å²) < 4.78 is 26.6. The number of hydrogen-bond acceptors (Lipinski definition) is 2. The Hall–Kier alpha value is -1.29. The third kappa shape index (κ3) is 1.55. The summed E-state index contributed by atoms with van der Waals surface area (Å²) in [6.07, 6.45) is 1.24. The Morgan fingerprint density at radius 1 is 1.33 bits per heavy atom. The first-order chi connectivity index (χ1) is 7.10. The first-order valence-corrected chi connectivity index (χ1v) is 4.80. The minimum atomic E-state index is -0.806. The summed E-state index contributed by atoms with van der Waals surface area (Å²) in [5.74, 6) is -2.11. The summed E-state index contributed by atoms with van der Waals surface area (Å²) in [5.41, 5.74) is 4.29. The van der Waals surface area contributed by atoms with Crippen molar-refractivity contribution in [3.05, 3.63) is 35.4 Å². The Kier molecular flexibility index (Phi) is 2.31. The molecule has 80 valence electrons. The highest BCUT2D eigenvalue weighted by Gasteiger charge is 2.49. The number of nitrogens with two attached hydrogens (primary N) is 1. The molecule has 1 fully saturated rings. The van der Waals surface area contributed by atoms with Crippen molar-refractivity contribution in [3.8, 4) is 0 Å². The number of benzene rings is 1. The van der Waals surface area contributed by atoms with Gasteiger partial charge in [0.1, 0.15) is 11.6 Å². The fourth-order valence-electron chi connectivity index (χ4n) is 1.65. The van der Waals surface area contributed by atoms with Gasteiger partial charge in [0.2, 0.25) is 0 Å². The lowest BCUT2D eigenvalue weighted by molar-refractivity contribution is 0.0897. The van der Waals surface area contributed by atoms with Gasteiger partial charge >= 0.3 is 0 Å². The Labute approximate surface area is 86.1 Å². The molecule has 0 saturated heterocycles. The Morgan fingerprint density at radius 2 is 1.87 bits per heavy atom. The maximum atomic E-state index is 13.3. The van der Waals surface area contributed by atoms with Gasteiger partial charge in [0, 0.05) is 12.0 Å². The molecule has 0 atom stereocenters. The van der Waals surface area contributed by atoms with Crippen molar-refractivity contribution in [2.75, 3.05) is 6.54 Å². The van der Waals surface area contributed by atoms with E-state index in [-0.39, 0.29) is 6.54 Å². The second kappa shape index (κ2) is 3.38. The second-order valence-corrected chi connectivity index (χ2v) is 3.91. The van der Waals surface area contributed by atoms with Crippen molar-refractivity contribution in [1.82, 2.24) is 0 Å². The van der Waals surface area contributed by atoms with Gasteiger partial charge in [-0.15, -0.1) is 0 Å². The van der Waals surface area contributed by atoms with Gasteiger partial charge in [-0.3, -0.25) is 4.79 Å². The van der Waals surface area contributed by atoms with Crippen LogP contribution in [0.15, 0.2) is 18.2 Å². The van der Waals surface area contributed by atoms with Crippen LogP contribution in [0, 0.1) is 17.0 Å². The number of hydrogen-bond donors (Lipinski definition) is 1. The lowest BCUT2D eigenvalue weighted by atomic mass is 9.94. The normalized spacial score (nSPS) is 17.5. The zero-order valence-corrected chi connectivity index (χ0v) is 8.09. The molecule has 1 aliphatic rings. The molecule has 0 bridgehead atoms. The van der Waals surface area contributed by atoms with Gasteiger partial charge in [-0.1, -0.05) is 6.07 Å². The summed E-state index contributed by atoms with van der Waals surface area (Å²) >= 11 is 0. The van der Waals surface area contributed by atoms with E-state index in [4.69, 9.17) is 5.73 Å². The topological polar surface area (TPSA) is 43.1 Å². The molecule has 1 aliphatic carbocycles. The predicted octanol–water partition coefficient (Wildman–Crippen LogP) is 1.89. The number of carbonyl (C=O) groups excluding carboxylic acids is 1. The van der Waals surface area contributed by atoms with E-state index >= 15 is 0 Å². The van der Waals surface area contributed by atoms with E-state index in [2.05, 4.69) is 0 Å². The molecular weight excluding hydrogens is 200 g/mol. The average molecular weight is 211 g/mol. The molecule has 1 saturated carbocycles. The van der Waals surface area contributed by atoms with Gasteiger partial charge in [0.25, 0.3) is 0 Å². The van der Waals surface area contributed by atoms with Crippen LogP contribution in [-0.2, 0) is 0 Å². The van der Waals surface area contributed by atoms with Crippen molar-refractivity contribution >= 4 is 5.78 Å². The molecule has 0 spiro atoms. The van der Waals surface area contributed by atoms with Crippen LogP contribution in [0.1, 0.15) is 23.2 Å². The van der Waals surface area contributed by atoms with Gasteiger partial charge in [0.05, 0.1) is 5.56 Å². The molecule has 0 radical (unpaired) electrons. The zero-order valence-electron chi connectivity index (χ0n) is 8.09. The number of carbonyl (C=O) groups is 1. The molecule has 0 amide bonds. The molecule has 15 heavy (non-hydrogen) atoms. The van der Waals surface area contributed by atoms with Crippen molar-refractivity contribution in [3.63, 3.8) is 0 Å². The first kappa shape index (κ1) is 10.2. The quantitative estimate of drug-likeness (QED) is 0.776. The highest BCUT2D eigenvalue weighted by molar-refractivity contribution is 6.02. The van der Waals surface area contributed by atoms with Crippen LogP contribution >= 0.6 is 0 Å². The van der Waals surface area contributed by atoms with E-state index in [9.17, 15) is 13.6 Å². The van der Waals surface area contributed by atoms with Crippen LogP contribution < -0.4 is 5.73 Å². The minimum absolute atomic E-state index is 0.152. The first-order valence-electron chi connectivity index (χ1n) is 4.80. The summed E-state index contributed by atoms with van der Waals surface area (Å²) in [6.45, 7) is 0.152. The van der Waals surface area contributed by atoms with Gasteiger partial charge in [-0.25, -0.2) is 8.78 Å². The van der Waals surface area contributed by atoms with Crippen LogP contribution in [0.25, 0.3) is 0 Å². The highest BCUT2D eigenvalue weighted by Crippen LogP contribution is 2.47. The van der Waals surface area contributed by atoms with Crippen molar-refractivity contribution in [1.29, 1.82) is 0 Å². The van der Waals surface area contributed by atoms with Gasteiger partial charge in [-0.2, -0.15) is 0 Å². The lowest BCUT2D eigenvalue weighted by Gasteiger charge is -2.11. The van der Waals surface area contributed by atoms with Crippen molar-refractivity contribution in [2.24, 2.45) is 11.1 Å². The number of rotatable bonds is 3. The zero-order chi connectivity index (χ0) is 11.1. The molecular formula is C11H11F2NO. The third-order valence-electron chi connectivity index (χ3n) is 2.92. The summed E-state index contributed by atoms with van der Waals surface area (Å²) in [5, 5.41) is 0. The van der Waals surface area contributed by atoms with Crippen molar-refractivity contribution < 1.29 is 13.6 Å². The minimum Gasteiger partial charge on any atom is -0.329 e. The molecule has 0 unspecified atom stereocenters. The molecule has 2 N–H and O–H groups in total. The molecule has 1 aromatic carbocycles. The van der Waals surface area contributed by atoms with E-state index in [0.717, 1.165) is 12.1 Å². The van der Waals surface area contributed by atoms with Gasteiger partial charge < -0.3 is 5.73 Å². The summed E-state index contributed by atoms with van der Waals surface area (Å²) in [6, 6.07) is 3.41. The largest absolute Gasteiger partial charge is 0.329 e. The molecule has 0 aromatic heterocycles. The molecule has 1 aromatic rings. The van der Waals surface area contributed by atoms with Crippen LogP contribution in [0.3, 0.4) is 0 Å². The molecule has 0 heterocycles. The van der Waals surface area contributed by atoms with Crippen LogP contribution in [-0.4, -0.2) is 12.3 Å². The SMILES string of the molecule is NCC1(C(=O)c2c(F)cccc2F)CC1.